The molecule has 0 spiro atoms. The van der Waals surface area contributed by atoms with Crippen molar-refractivity contribution in [3.8, 4) is 0 Å². The summed E-state index contributed by atoms with van der Waals surface area (Å²) in [4.78, 5) is 26.2. The fraction of sp³-hybridized carbons (Fsp3) is 0.450. The number of nitrogens with zero attached hydrogens (tertiary/aromatic N) is 2. The first-order chi connectivity index (χ1) is 12.4. The molecule has 1 aliphatic rings. The van der Waals surface area contributed by atoms with Gasteiger partial charge in [-0.05, 0) is 50.3 Å². The van der Waals surface area contributed by atoms with Crippen molar-refractivity contribution in [2.24, 2.45) is 5.92 Å². The number of aromatic amines is 1. The third-order valence-electron chi connectivity index (χ3n) is 5.09. The van der Waals surface area contributed by atoms with Gasteiger partial charge in [0.05, 0.1) is 17.8 Å². The average molecular weight is 354 g/mol. The standard InChI is InChI=1S/C20H26N4O2/c1-13-7-14(2)18(15(3)8-13)11-21-20(26)16-5-4-6-24(12-16)17-9-19(25)23-22-10-17/h7-10,16H,4-6,11-12H2,1-3H3,(H,21,26)(H,23,25)/t16-/m0/s1. The van der Waals surface area contributed by atoms with E-state index in [1.165, 1.54) is 28.3 Å². The second kappa shape index (κ2) is 7.72. The lowest BCUT2D eigenvalue weighted by molar-refractivity contribution is -0.125. The van der Waals surface area contributed by atoms with Gasteiger partial charge in [0.2, 0.25) is 5.91 Å². The minimum Gasteiger partial charge on any atom is -0.369 e. The van der Waals surface area contributed by atoms with Crippen LogP contribution in [0.1, 0.15) is 35.1 Å². The van der Waals surface area contributed by atoms with Crippen LogP contribution >= 0.6 is 0 Å². The fourth-order valence-electron chi connectivity index (χ4n) is 3.77. The van der Waals surface area contributed by atoms with E-state index in [1.807, 2.05) is 0 Å². The quantitative estimate of drug-likeness (QED) is 0.883. The zero-order valence-corrected chi connectivity index (χ0v) is 15.6. The van der Waals surface area contributed by atoms with E-state index in [4.69, 9.17) is 0 Å². The maximum absolute atomic E-state index is 12.7. The van der Waals surface area contributed by atoms with Crippen LogP contribution in [-0.4, -0.2) is 29.2 Å². The Morgan fingerprint density at radius 1 is 1.27 bits per heavy atom. The molecule has 0 bridgehead atoms. The van der Waals surface area contributed by atoms with E-state index < -0.39 is 0 Å². The summed E-state index contributed by atoms with van der Waals surface area (Å²) in [6, 6.07) is 5.83. The van der Waals surface area contributed by atoms with Crippen LogP contribution in [0.3, 0.4) is 0 Å². The van der Waals surface area contributed by atoms with Crippen LogP contribution in [0.4, 0.5) is 5.69 Å². The second-order valence-corrected chi connectivity index (χ2v) is 7.18. The van der Waals surface area contributed by atoms with Crippen molar-refractivity contribution in [3.05, 3.63) is 57.0 Å². The number of anilines is 1. The molecule has 6 heteroatoms. The Bertz CT molecular complexity index is 836. The maximum atomic E-state index is 12.7. The molecule has 3 rings (SSSR count). The predicted molar refractivity (Wildman–Crippen MR) is 102 cm³/mol. The van der Waals surface area contributed by atoms with Gasteiger partial charge >= 0.3 is 0 Å². The molecule has 1 amide bonds. The van der Waals surface area contributed by atoms with E-state index in [9.17, 15) is 9.59 Å². The van der Waals surface area contributed by atoms with Crippen molar-refractivity contribution in [2.75, 3.05) is 18.0 Å². The molecule has 2 heterocycles. The van der Waals surface area contributed by atoms with Gasteiger partial charge in [0, 0.05) is 25.7 Å². The molecule has 1 saturated heterocycles. The summed E-state index contributed by atoms with van der Waals surface area (Å²) in [6.45, 7) is 8.27. The van der Waals surface area contributed by atoms with E-state index >= 15 is 0 Å². The lowest BCUT2D eigenvalue weighted by Crippen LogP contribution is -2.43. The minimum absolute atomic E-state index is 0.0749. The maximum Gasteiger partial charge on any atom is 0.266 e. The monoisotopic (exact) mass is 354 g/mol. The Balaban J connectivity index is 1.64. The Morgan fingerprint density at radius 3 is 2.69 bits per heavy atom. The van der Waals surface area contributed by atoms with Crippen LogP contribution in [0.25, 0.3) is 0 Å². The largest absolute Gasteiger partial charge is 0.369 e. The number of hydrogen-bond acceptors (Lipinski definition) is 4. The molecule has 0 aliphatic carbocycles. The summed E-state index contributed by atoms with van der Waals surface area (Å²) in [5, 5.41) is 9.34. The Morgan fingerprint density at radius 2 is 2.00 bits per heavy atom. The van der Waals surface area contributed by atoms with Gasteiger partial charge in [0.25, 0.3) is 5.56 Å². The van der Waals surface area contributed by atoms with Crippen LogP contribution in [-0.2, 0) is 11.3 Å². The van der Waals surface area contributed by atoms with Gasteiger partial charge in [-0.15, -0.1) is 0 Å². The molecule has 2 N–H and O–H groups in total. The molecule has 0 radical (unpaired) electrons. The van der Waals surface area contributed by atoms with Crippen molar-refractivity contribution in [1.29, 1.82) is 0 Å². The summed E-state index contributed by atoms with van der Waals surface area (Å²) >= 11 is 0. The van der Waals surface area contributed by atoms with Crippen LogP contribution in [0.5, 0.6) is 0 Å². The second-order valence-electron chi connectivity index (χ2n) is 7.18. The molecule has 0 saturated carbocycles. The third kappa shape index (κ3) is 4.12. The SMILES string of the molecule is Cc1cc(C)c(CNC(=O)[C@H]2CCCN(c3cn[nH]c(=O)c3)C2)c(C)c1. The number of piperidine rings is 1. The number of nitrogens with one attached hydrogen (secondary N) is 2. The average Bonchev–Trinajstić information content (AvgIpc) is 2.60. The number of aryl methyl sites for hydroxylation is 3. The van der Waals surface area contributed by atoms with E-state index in [0.717, 1.165) is 25.1 Å². The highest BCUT2D eigenvalue weighted by atomic mass is 16.2. The highest BCUT2D eigenvalue weighted by molar-refractivity contribution is 5.79. The van der Waals surface area contributed by atoms with Crippen molar-refractivity contribution in [1.82, 2.24) is 15.5 Å². The first-order valence-corrected chi connectivity index (χ1v) is 9.08. The number of rotatable bonds is 4. The van der Waals surface area contributed by atoms with Gasteiger partial charge in [-0.2, -0.15) is 5.10 Å². The summed E-state index contributed by atoms with van der Waals surface area (Å²) < 4.78 is 0. The van der Waals surface area contributed by atoms with Gasteiger partial charge in [0.15, 0.2) is 0 Å². The number of hydrogen-bond donors (Lipinski definition) is 2. The van der Waals surface area contributed by atoms with E-state index in [1.54, 1.807) is 6.20 Å². The Hall–Kier alpha value is -2.63. The molecule has 138 valence electrons. The van der Waals surface area contributed by atoms with Gasteiger partial charge in [-0.1, -0.05) is 17.7 Å². The smallest absolute Gasteiger partial charge is 0.266 e. The molecule has 1 aromatic heterocycles. The molecular weight excluding hydrogens is 328 g/mol. The van der Waals surface area contributed by atoms with Crippen LogP contribution in [0.15, 0.2) is 29.2 Å². The lowest BCUT2D eigenvalue weighted by Gasteiger charge is -2.33. The molecule has 1 aromatic carbocycles. The highest BCUT2D eigenvalue weighted by Gasteiger charge is 2.26. The first-order valence-electron chi connectivity index (χ1n) is 9.08. The molecule has 0 unspecified atom stereocenters. The number of aromatic nitrogens is 2. The zero-order chi connectivity index (χ0) is 18.7. The fourth-order valence-corrected chi connectivity index (χ4v) is 3.77. The molecule has 1 aliphatic heterocycles. The van der Waals surface area contributed by atoms with Crippen molar-refractivity contribution >= 4 is 11.6 Å². The van der Waals surface area contributed by atoms with E-state index in [0.29, 0.717) is 13.1 Å². The molecule has 6 nitrogen and oxygen atoms in total. The third-order valence-corrected chi connectivity index (χ3v) is 5.09. The van der Waals surface area contributed by atoms with Gasteiger partial charge in [-0.3, -0.25) is 9.59 Å². The van der Waals surface area contributed by atoms with E-state index in [2.05, 4.69) is 53.3 Å². The van der Waals surface area contributed by atoms with Crippen molar-refractivity contribution < 1.29 is 4.79 Å². The predicted octanol–water partition coefficient (Wildman–Crippen LogP) is 2.23. The number of H-pyrrole nitrogens is 1. The number of carbonyl (C=O) groups is 1. The summed E-state index contributed by atoms with van der Waals surface area (Å²) in [5.41, 5.74) is 5.40. The van der Waals surface area contributed by atoms with E-state index in [-0.39, 0.29) is 17.4 Å². The number of carbonyl (C=O) groups excluding carboxylic acids is 1. The van der Waals surface area contributed by atoms with Gasteiger partial charge < -0.3 is 10.2 Å². The first kappa shape index (κ1) is 18.2. The summed E-state index contributed by atoms with van der Waals surface area (Å²) in [5.74, 6) is 0.000901. The van der Waals surface area contributed by atoms with Gasteiger partial charge in [-0.25, -0.2) is 5.10 Å². The molecule has 2 aromatic rings. The van der Waals surface area contributed by atoms with Crippen molar-refractivity contribution in [3.63, 3.8) is 0 Å². The number of amides is 1. The molecule has 1 atom stereocenters. The van der Waals surface area contributed by atoms with Crippen LogP contribution < -0.4 is 15.8 Å². The highest BCUT2D eigenvalue weighted by Crippen LogP contribution is 2.22. The van der Waals surface area contributed by atoms with Crippen LogP contribution in [0, 0.1) is 26.7 Å². The Labute approximate surface area is 153 Å². The molecular formula is C20H26N4O2. The normalized spacial score (nSPS) is 17.2. The number of benzene rings is 1. The molecule has 26 heavy (non-hydrogen) atoms. The van der Waals surface area contributed by atoms with Crippen molar-refractivity contribution in [2.45, 2.75) is 40.2 Å². The minimum atomic E-state index is -0.223. The van der Waals surface area contributed by atoms with Gasteiger partial charge in [0.1, 0.15) is 0 Å². The van der Waals surface area contributed by atoms with Crippen LogP contribution in [0.2, 0.25) is 0 Å². The summed E-state index contributed by atoms with van der Waals surface area (Å²) in [6.07, 6.45) is 3.43. The zero-order valence-electron chi connectivity index (χ0n) is 15.6. The lowest BCUT2D eigenvalue weighted by atomic mass is 9.96. The molecule has 1 fully saturated rings. The Kier molecular flexibility index (Phi) is 5.40. The topological polar surface area (TPSA) is 78.1 Å². The summed E-state index contributed by atoms with van der Waals surface area (Å²) in [7, 11) is 0.